The molecule has 0 atom stereocenters. The minimum absolute atomic E-state index is 0.0613. The maximum atomic E-state index is 11.1. The summed E-state index contributed by atoms with van der Waals surface area (Å²) in [6, 6.07) is 0.986. The number of carbonyl (C=O) groups excluding carboxylic acids is 2. The molecule has 0 aliphatic rings. The Hall–Kier alpha value is -1.63. The lowest BCUT2D eigenvalue weighted by Gasteiger charge is -2.02. The van der Waals surface area contributed by atoms with Crippen molar-refractivity contribution >= 4 is 23.7 Å². The lowest BCUT2D eigenvalue weighted by molar-refractivity contribution is -0.117. The van der Waals surface area contributed by atoms with Crippen LogP contribution >= 0.6 is 11.8 Å². The maximum absolute atomic E-state index is 11.1. The van der Waals surface area contributed by atoms with E-state index in [9.17, 15) is 9.59 Å². The zero-order valence-electron chi connectivity index (χ0n) is 8.98. The van der Waals surface area contributed by atoms with E-state index in [-0.39, 0.29) is 5.75 Å². The molecule has 0 unspecified atom stereocenters. The zero-order chi connectivity index (χ0) is 12.1. The van der Waals surface area contributed by atoms with E-state index >= 15 is 0 Å². The Kier molecular flexibility index (Phi) is 4.24. The summed E-state index contributed by atoms with van der Waals surface area (Å²) >= 11 is 1.16. The molecule has 1 rings (SSSR count). The van der Waals surface area contributed by atoms with Crippen molar-refractivity contribution in [1.29, 1.82) is 0 Å². The summed E-state index contributed by atoms with van der Waals surface area (Å²) in [6.45, 7) is 3.70. The quantitative estimate of drug-likeness (QED) is 0.588. The van der Waals surface area contributed by atoms with E-state index in [1.165, 1.54) is 0 Å². The molecule has 1 aromatic heterocycles. The van der Waals surface area contributed by atoms with E-state index in [0.717, 1.165) is 23.1 Å². The first kappa shape index (κ1) is 12.4. The Bertz CT molecular complexity index is 402. The molecule has 1 aromatic rings. The van der Waals surface area contributed by atoms with Gasteiger partial charge < -0.3 is 5.73 Å². The Morgan fingerprint density at radius 2 is 1.94 bits per heavy atom. The molecule has 0 fully saturated rings. The fourth-order valence-electron chi connectivity index (χ4n) is 1.06. The second kappa shape index (κ2) is 5.45. The summed E-state index contributed by atoms with van der Waals surface area (Å²) in [5.74, 6) is -0.397. The first-order valence-corrected chi connectivity index (χ1v) is 5.50. The van der Waals surface area contributed by atoms with Crippen LogP contribution in [0, 0.1) is 13.8 Å². The van der Waals surface area contributed by atoms with Gasteiger partial charge in [0, 0.05) is 11.4 Å². The topological polar surface area (TPSA) is 98.0 Å². The van der Waals surface area contributed by atoms with Gasteiger partial charge in [0.1, 0.15) is 0 Å². The molecule has 3 N–H and O–H groups in total. The van der Waals surface area contributed by atoms with E-state index in [2.05, 4.69) is 9.97 Å². The molecule has 6 nitrogen and oxygen atoms in total. The van der Waals surface area contributed by atoms with Gasteiger partial charge in [-0.05, 0) is 19.9 Å². The van der Waals surface area contributed by atoms with Gasteiger partial charge >= 0.3 is 6.03 Å². The largest absolute Gasteiger partial charge is 0.351 e. The van der Waals surface area contributed by atoms with Crippen molar-refractivity contribution < 1.29 is 9.59 Å². The lowest BCUT2D eigenvalue weighted by Crippen LogP contribution is -2.36. The molecule has 0 radical (unpaired) electrons. The van der Waals surface area contributed by atoms with E-state index in [1.807, 2.05) is 25.2 Å². The molecule has 0 aromatic carbocycles. The number of rotatable bonds is 3. The predicted molar refractivity (Wildman–Crippen MR) is 60.0 cm³/mol. The van der Waals surface area contributed by atoms with Crippen LogP contribution < -0.4 is 11.1 Å². The van der Waals surface area contributed by atoms with Crippen LogP contribution in [0.25, 0.3) is 0 Å². The smallest absolute Gasteiger partial charge is 0.318 e. The highest BCUT2D eigenvalue weighted by Gasteiger charge is 2.07. The molecule has 0 saturated carbocycles. The number of nitrogens with one attached hydrogen (secondary N) is 1. The summed E-state index contributed by atoms with van der Waals surface area (Å²) in [4.78, 5) is 29.8. The van der Waals surface area contributed by atoms with Crippen molar-refractivity contribution in [2.75, 3.05) is 5.75 Å². The third kappa shape index (κ3) is 4.26. The summed E-state index contributed by atoms with van der Waals surface area (Å²) in [5.41, 5.74) is 6.48. The maximum Gasteiger partial charge on any atom is 0.318 e. The number of hydrogen-bond donors (Lipinski definition) is 2. The van der Waals surface area contributed by atoms with Gasteiger partial charge in [-0.2, -0.15) is 0 Å². The Morgan fingerprint density at radius 3 is 2.44 bits per heavy atom. The standard InChI is InChI=1S/C9H12N4O2S/c1-5-3-6(2)12-9(11-5)16-4-7(14)13-8(10)15/h3H,4H2,1-2H3,(H3,10,13,14,15). The van der Waals surface area contributed by atoms with Crippen molar-refractivity contribution in [2.24, 2.45) is 5.73 Å². The highest BCUT2D eigenvalue weighted by atomic mass is 32.2. The van der Waals surface area contributed by atoms with Crippen LogP contribution in [0.2, 0.25) is 0 Å². The third-order valence-electron chi connectivity index (χ3n) is 1.56. The molecule has 16 heavy (non-hydrogen) atoms. The number of hydrogen-bond acceptors (Lipinski definition) is 5. The number of amides is 3. The number of imide groups is 1. The number of primary amides is 1. The minimum Gasteiger partial charge on any atom is -0.351 e. The monoisotopic (exact) mass is 240 g/mol. The van der Waals surface area contributed by atoms with Gasteiger partial charge in [-0.15, -0.1) is 0 Å². The summed E-state index contributed by atoms with van der Waals surface area (Å²) in [6.07, 6.45) is 0. The van der Waals surface area contributed by atoms with Crippen molar-refractivity contribution in [3.05, 3.63) is 17.5 Å². The predicted octanol–water partition coefficient (Wildman–Crippen LogP) is 0.380. The Labute approximate surface area is 97.0 Å². The minimum atomic E-state index is -0.855. The van der Waals surface area contributed by atoms with Gasteiger partial charge in [-0.1, -0.05) is 11.8 Å². The number of aromatic nitrogens is 2. The molecule has 3 amide bonds. The van der Waals surface area contributed by atoms with Gasteiger partial charge in [0.25, 0.3) is 0 Å². The highest BCUT2D eigenvalue weighted by molar-refractivity contribution is 7.99. The van der Waals surface area contributed by atoms with Gasteiger partial charge in [-0.3, -0.25) is 10.1 Å². The van der Waals surface area contributed by atoms with E-state index in [1.54, 1.807) is 0 Å². The first-order chi connectivity index (χ1) is 7.47. The van der Waals surface area contributed by atoms with Crippen molar-refractivity contribution in [3.63, 3.8) is 0 Å². The molecule has 0 bridgehead atoms. The molecule has 0 aliphatic heterocycles. The van der Waals surface area contributed by atoms with Crippen LogP contribution in [-0.2, 0) is 4.79 Å². The number of nitrogens with two attached hydrogens (primary N) is 1. The zero-order valence-corrected chi connectivity index (χ0v) is 9.80. The van der Waals surface area contributed by atoms with Crippen LogP contribution in [0.1, 0.15) is 11.4 Å². The van der Waals surface area contributed by atoms with E-state index in [4.69, 9.17) is 5.73 Å². The van der Waals surface area contributed by atoms with E-state index in [0.29, 0.717) is 5.16 Å². The van der Waals surface area contributed by atoms with Crippen molar-refractivity contribution in [1.82, 2.24) is 15.3 Å². The molecule has 86 valence electrons. The summed E-state index contributed by atoms with van der Waals surface area (Å²) in [5, 5.41) is 2.48. The van der Waals surface area contributed by atoms with Gasteiger partial charge in [0.15, 0.2) is 5.16 Å². The van der Waals surface area contributed by atoms with Crippen LogP contribution in [0.5, 0.6) is 0 Å². The highest BCUT2D eigenvalue weighted by Crippen LogP contribution is 2.13. The molecule has 0 saturated heterocycles. The second-order valence-corrected chi connectivity index (χ2v) is 4.08. The van der Waals surface area contributed by atoms with Crippen LogP contribution in [0.3, 0.4) is 0 Å². The molecule has 1 heterocycles. The van der Waals surface area contributed by atoms with E-state index < -0.39 is 11.9 Å². The Morgan fingerprint density at radius 1 is 1.38 bits per heavy atom. The average molecular weight is 240 g/mol. The van der Waals surface area contributed by atoms with Crippen molar-refractivity contribution in [2.45, 2.75) is 19.0 Å². The number of thioether (sulfide) groups is 1. The third-order valence-corrected chi connectivity index (χ3v) is 2.40. The van der Waals surface area contributed by atoms with Crippen LogP contribution in [0.15, 0.2) is 11.2 Å². The molecule has 0 spiro atoms. The molecular weight excluding hydrogens is 228 g/mol. The lowest BCUT2D eigenvalue weighted by atomic mass is 10.4. The fourth-order valence-corrected chi connectivity index (χ4v) is 1.81. The molecular formula is C9H12N4O2S. The molecule has 7 heteroatoms. The molecule has 0 aliphatic carbocycles. The van der Waals surface area contributed by atoms with Crippen molar-refractivity contribution in [3.8, 4) is 0 Å². The SMILES string of the molecule is Cc1cc(C)nc(SCC(=O)NC(N)=O)n1. The van der Waals surface area contributed by atoms with Gasteiger partial charge in [0.2, 0.25) is 5.91 Å². The van der Waals surface area contributed by atoms with Crippen LogP contribution in [0.4, 0.5) is 4.79 Å². The normalized spacial score (nSPS) is 9.88. The van der Waals surface area contributed by atoms with Crippen LogP contribution in [-0.4, -0.2) is 27.7 Å². The Balaban J connectivity index is 2.54. The summed E-state index contributed by atoms with van der Waals surface area (Å²) < 4.78 is 0. The van der Waals surface area contributed by atoms with Gasteiger partial charge in [0.05, 0.1) is 5.75 Å². The number of nitrogens with zero attached hydrogens (tertiary/aromatic N) is 2. The number of aryl methyl sites for hydroxylation is 2. The number of urea groups is 1. The average Bonchev–Trinajstić information content (AvgIpc) is 2.12. The van der Waals surface area contributed by atoms with Gasteiger partial charge in [-0.25, -0.2) is 14.8 Å². The summed E-state index contributed by atoms with van der Waals surface area (Å²) in [7, 11) is 0. The fraction of sp³-hybridized carbons (Fsp3) is 0.333. The first-order valence-electron chi connectivity index (χ1n) is 4.52. The second-order valence-electron chi connectivity index (χ2n) is 3.13. The number of carbonyl (C=O) groups is 2.